The van der Waals surface area contributed by atoms with Crippen molar-refractivity contribution in [2.45, 2.75) is 20.0 Å². The van der Waals surface area contributed by atoms with Gasteiger partial charge in [-0.25, -0.2) is 0 Å². The van der Waals surface area contributed by atoms with E-state index < -0.39 is 11.7 Å². The number of nitrogens with zero attached hydrogens (tertiary/aromatic N) is 1. The predicted molar refractivity (Wildman–Crippen MR) is 62.9 cm³/mol. The van der Waals surface area contributed by atoms with Gasteiger partial charge in [-0.1, -0.05) is 5.92 Å². The largest absolute Gasteiger partial charge is 0.416 e. The number of halogens is 3. The zero-order valence-corrected chi connectivity index (χ0v) is 9.80. The van der Waals surface area contributed by atoms with E-state index in [1.54, 1.807) is 0 Å². The number of benzene rings is 1. The third-order valence-corrected chi connectivity index (χ3v) is 2.58. The van der Waals surface area contributed by atoms with Gasteiger partial charge in [0, 0.05) is 18.7 Å². The van der Waals surface area contributed by atoms with Crippen LogP contribution in [0.1, 0.15) is 25.0 Å². The highest BCUT2D eigenvalue weighted by molar-refractivity contribution is 5.62. The van der Waals surface area contributed by atoms with Crippen molar-refractivity contribution in [1.29, 1.82) is 0 Å². The molecule has 0 aliphatic rings. The maximum atomic E-state index is 12.6. The Morgan fingerprint density at radius 1 is 1.24 bits per heavy atom. The summed E-state index contributed by atoms with van der Waals surface area (Å²) >= 11 is 0. The van der Waals surface area contributed by atoms with Gasteiger partial charge >= 0.3 is 6.18 Å². The van der Waals surface area contributed by atoms with Crippen molar-refractivity contribution in [2.24, 2.45) is 0 Å². The Morgan fingerprint density at radius 2 is 1.82 bits per heavy atom. The van der Waals surface area contributed by atoms with E-state index >= 15 is 0 Å². The zero-order chi connectivity index (χ0) is 13.1. The quantitative estimate of drug-likeness (QED) is 0.732. The minimum Gasteiger partial charge on any atom is -0.371 e. The van der Waals surface area contributed by atoms with Crippen LogP contribution >= 0.6 is 0 Å². The first kappa shape index (κ1) is 13.4. The van der Waals surface area contributed by atoms with Crippen LogP contribution in [0.2, 0.25) is 0 Å². The molecule has 0 radical (unpaired) electrons. The number of anilines is 1. The molecular weight excluding hydrogens is 227 g/mol. The standard InChI is InChI=1S/C13H14F3N/c1-4-10-7-8-11(13(14,15)16)9-12(10)17(5-2)6-3/h1,7-9H,5-6H2,2-3H3. The molecule has 1 rings (SSSR count). The summed E-state index contributed by atoms with van der Waals surface area (Å²) in [5, 5.41) is 0. The van der Waals surface area contributed by atoms with Gasteiger partial charge < -0.3 is 4.90 Å². The molecule has 0 atom stereocenters. The first-order chi connectivity index (χ1) is 7.93. The van der Waals surface area contributed by atoms with Gasteiger partial charge in [-0.05, 0) is 32.0 Å². The lowest BCUT2D eigenvalue weighted by atomic mass is 10.1. The Morgan fingerprint density at radius 3 is 2.24 bits per heavy atom. The van der Waals surface area contributed by atoms with Crippen molar-refractivity contribution in [1.82, 2.24) is 0 Å². The second-order valence-electron chi connectivity index (χ2n) is 3.55. The molecule has 1 aromatic rings. The third-order valence-electron chi connectivity index (χ3n) is 2.58. The lowest BCUT2D eigenvalue weighted by molar-refractivity contribution is -0.137. The molecule has 0 amide bonds. The number of terminal acetylenes is 1. The van der Waals surface area contributed by atoms with Crippen molar-refractivity contribution < 1.29 is 13.2 Å². The topological polar surface area (TPSA) is 3.24 Å². The summed E-state index contributed by atoms with van der Waals surface area (Å²) in [6.07, 6.45) is 0.961. The normalized spacial score (nSPS) is 11.1. The van der Waals surface area contributed by atoms with E-state index in [9.17, 15) is 13.2 Å². The molecule has 1 aromatic carbocycles. The molecule has 0 N–H and O–H groups in total. The van der Waals surface area contributed by atoms with Crippen LogP contribution in [0.5, 0.6) is 0 Å². The molecule has 4 heteroatoms. The van der Waals surface area contributed by atoms with Crippen LogP contribution < -0.4 is 4.90 Å². The highest BCUT2D eigenvalue weighted by Crippen LogP contribution is 2.33. The van der Waals surface area contributed by atoms with E-state index in [-0.39, 0.29) is 0 Å². The molecule has 0 saturated carbocycles. The van der Waals surface area contributed by atoms with Gasteiger partial charge in [-0.2, -0.15) is 13.2 Å². The number of alkyl halides is 3. The van der Waals surface area contributed by atoms with Gasteiger partial charge in [-0.15, -0.1) is 6.42 Å². The number of rotatable bonds is 3. The Bertz CT molecular complexity index is 425. The zero-order valence-electron chi connectivity index (χ0n) is 9.80. The van der Waals surface area contributed by atoms with Gasteiger partial charge in [0.25, 0.3) is 0 Å². The molecule has 0 unspecified atom stereocenters. The summed E-state index contributed by atoms with van der Waals surface area (Å²) in [4.78, 5) is 1.81. The first-order valence-electron chi connectivity index (χ1n) is 5.36. The molecule has 92 valence electrons. The minimum absolute atomic E-state index is 0.465. The second-order valence-corrected chi connectivity index (χ2v) is 3.55. The van der Waals surface area contributed by atoms with Crippen LogP contribution in [0, 0.1) is 12.3 Å². The van der Waals surface area contributed by atoms with Crippen molar-refractivity contribution in [3.05, 3.63) is 29.3 Å². The van der Waals surface area contributed by atoms with Crippen LogP contribution in [-0.2, 0) is 6.18 Å². The van der Waals surface area contributed by atoms with Crippen LogP contribution in [0.15, 0.2) is 18.2 Å². The predicted octanol–water partition coefficient (Wildman–Crippen LogP) is 3.53. The third kappa shape index (κ3) is 2.94. The Balaban J connectivity index is 3.30. The summed E-state index contributed by atoms with van der Waals surface area (Å²) in [5.74, 6) is 2.41. The molecular formula is C13H14F3N. The van der Waals surface area contributed by atoms with E-state index in [4.69, 9.17) is 6.42 Å². The van der Waals surface area contributed by atoms with E-state index in [1.165, 1.54) is 6.07 Å². The van der Waals surface area contributed by atoms with Gasteiger partial charge in [0.05, 0.1) is 11.3 Å². The molecule has 0 saturated heterocycles. The minimum atomic E-state index is -4.34. The second kappa shape index (κ2) is 5.13. The van der Waals surface area contributed by atoms with Gasteiger partial charge in [0.15, 0.2) is 0 Å². The maximum Gasteiger partial charge on any atom is 0.416 e. The Hall–Kier alpha value is -1.63. The average Bonchev–Trinajstić information content (AvgIpc) is 2.29. The van der Waals surface area contributed by atoms with Crippen LogP contribution in [0.3, 0.4) is 0 Å². The molecule has 0 fully saturated rings. The summed E-state index contributed by atoms with van der Waals surface area (Å²) in [7, 11) is 0. The fraction of sp³-hybridized carbons (Fsp3) is 0.385. The average molecular weight is 241 g/mol. The lowest BCUT2D eigenvalue weighted by Crippen LogP contribution is -2.23. The van der Waals surface area contributed by atoms with Crippen molar-refractivity contribution in [3.8, 4) is 12.3 Å². The van der Waals surface area contributed by atoms with Crippen molar-refractivity contribution >= 4 is 5.69 Å². The molecule has 0 aromatic heterocycles. The maximum absolute atomic E-state index is 12.6. The fourth-order valence-corrected chi connectivity index (χ4v) is 1.66. The summed E-state index contributed by atoms with van der Waals surface area (Å²) in [6, 6.07) is 3.47. The smallest absolute Gasteiger partial charge is 0.371 e. The van der Waals surface area contributed by atoms with Crippen molar-refractivity contribution in [3.63, 3.8) is 0 Å². The molecule has 0 aliphatic heterocycles. The monoisotopic (exact) mass is 241 g/mol. The van der Waals surface area contributed by atoms with Crippen molar-refractivity contribution in [2.75, 3.05) is 18.0 Å². The van der Waals surface area contributed by atoms with Gasteiger partial charge in [0.2, 0.25) is 0 Å². The summed E-state index contributed by atoms with van der Waals surface area (Å²) in [5.41, 5.74) is 0.285. The van der Waals surface area contributed by atoms with Gasteiger partial charge in [0.1, 0.15) is 0 Å². The van der Waals surface area contributed by atoms with Gasteiger partial charge in [-0.3, -0.25) is 0 Å². The highest BCUT2D eigenvalue weighted by atomic mass is 19.4. The van der Waals surface area contributed by atoms with E-state index in [2.05, 4.69) is 5.92 Å². The summed E-state index contributed by atoms with van der Waals surface area (Å²) < 4.78 is 37.8. The van der Waals surface area contributed by atoms with Crippen LogP contribution in [0.4, 0.5) is 18.9 Å². The lowest BCUT2D eigenvalue weighted by Gasteiger charge is -2.23. The Kier molecular flexibility index (Phi) is 4.06. The van der Waals surface area contributed by atoms with E-state index in [0.29, 0.717) is 24.3 Å². The first-order valence-corrected chi connectivity index (χ1v) is 5.36. The van der Waals surface area contributed by atoms with Crippen LogP contribution in [0.25, 0.3) is 0 Å². The van der Waals surface area contributed by atoms with E-state index in [1.807, 2.05) is 18.7 Å². The molecule has 1 nitrogen and oxygen atoms in total. The fourth-order valence-electron chi connectivity index (χ4n) is 1.66. The number of hydrogen-bond acceptors (Lipinski definition) is 1. The molecule has 0 spiro atoms. The summed E-state index contributed by atoms with van der Waals surface area (Å²) in [6.45, 7) is 4.99. The highest BCUT2D eigenvalue weighted by Gasteiger charge is 2.31. The molecule has 0 aliphatic carbocycles. The molecule has 17 heavy (non-hydrogen) atoms. The van der Waals surface area contributed by atoms with E-state index in [0.717, 1.165) is 12.1 Å². The Labute approximate surface area is 99.2 Å². The van der Waals surface area contributed by atoms with Crippen LogP contribution in [-0.4, -0.2) is 13.1 Å². The molecule has 0 heterocycles. The molecule has 0 bridgehead atoms. The number of hydrogen-bond donors (Lipinski definition) is 0. The SMILES string of the molecule is C#Cc1ccc(C(F)(F)F)cc1N(CC)CC.